The Labute approximate surface area is 157 Å². The number of imidazole rings is 1. The fourth-order valence-corrected chi connectivity index (χ4v) is 3.15. The number of hydrogen-bond acceptors (Lipinski definition) is 6. The van der Waals surface area contributed by atoms with Crippen molar-refractivity contribution in [1.29, 1.82) is 0 Å². The van der Waals surface area contributed by atoms with Crippen molar-refractivity contribution < 1.29 is 9.53 Å². The Kier molecular flexibility index (Phi) is 4.97. The van der Waals surface area contributed by atoms with Crippen LogP contribution in [0.4, 0.5) is 5.95 Å². The number of hydrogen-bond donors (Lipinski definition) is 1. The van der Waals surface area contributed by atoms with Crippen LogP contribution in [0.2, 0.25) is 0 Å². The summed E-state index contributed by atoms with van der Waals surface area (Å²) in [4.78, 5) is 27.9. The molecule has 1 fully saturated rings. The highest BCUT2D eigenvalue weighted by Crippen LogP contribution is 2.13. The van der Waals surface area contributed by atoms with Crippen LogP contribution < -0.4 is 10.2 Å². The summed E-state index contributed by atoms with van der Waals surface area (Å²) >= 11 is 0. The van der Waals surface area contributed by atoms with Gasteiger partial charge in [-0.3, -0.25) is 4.79 Å². The van der Waals surface area contributed by atoms with E-state index in [1.54, 1.807) is 6.33 Å². The van der Waals surface area contributed by atoms with Gasteiger partial charge in [-0.25, -0.2) is 15.0 Å². The van der Waals surface area contributed by atoms with E-state index in [1.165, 1.54) is 0 Å². The van der Waals surface area contributed by atoms with Gasteiger partial charge in [0, 0.05) is 18.8 Å². The lowest BCUT2D eigenvalue weighted by Gasteiger charge is -2.27. The molecule has 0 atom stereocenters. The molecule has 3 aromatic rings. The molecule has 3 heterocycles. The molecule has 1 aromatic carbocycles. The zero-order valence-electron chi connectivity index (χ0n) is 15.3. The molecule has 0 radical (unpaired) electrons. The Morgan fingerprint density at radius 3 is 2.89 bits per heavy atom. The summed E-state index contributed by atoms with van der Waals surface area (Å²) in [5.74, 6) is 0.616. The number of amides is 1. The number of ether oxygens (including phenoxy) is 1. The Hall–Kier alpha value is -3.00. The predicted octanol–water partition coefficient (Wildman–Crippen LogP) is 1.29. The highest BCUT2D eigenvalue weighted by molar-refractivity contribution is 5.80. The summed E-state index contributed by atoms with van der Waals surface area (Å²) in [6.45, 7) is 5.46. The van der Waals surface area contributed by atoms with E-state index >= 15 is 0 Å². The van der Waals surface area contributed by atoms with E-state index in [1.807, 2.05) is 41.8 Å². The van der Waals surface area contributed by atoms with Gasteiger partial charge >= 0.3 is 0 Å². The van der Waals surface area contributed by atoms with Gasteiger partial charge in [0.05, 0.1) is 42.8 Å². The fraction of sp³-hybridized carbons (Fsp3) is 0.368. The average Bonchev–Trinajstić information content (AvgIpc) is 3.10. The molecule has 1 N–H and O–H groups in total. The number of para-hydroxylation sites is 2. The van der Waals surface area contributed by atoms with E-state index in [-0.39, 0.29) is 12.5 Å². The normalized spacial score (nSPS) is 14.5. The van der Waals surface area contributed by atoms with Crippen LogP contribution in [0.5, 0.6) is 0 Å². The Morgan fingerprint density at radius 2 is 2.04 bits per heavy atom. The third-order valence-electron chi connectivity index (χ3n) is 4.50. The van der Waals surface area contributed by atoms with Gasteiger partial charge in [-0.2, -0.15) is 0 Å². The number of carbonyl (C=O) groups is 1. The molecular formula is C19H22N6O2. The quantitative estimate of drug-likeness (QED) is 0.732. The van der Waals surface area contributed by atoms with Gasteiger partial charge in [0.15, 0.2) is 0 Å². The molecular weight excluding hydrogens is 344 g/mol. The molecule has 1 amide bonds. The SMILES string of the molecule is Cc1cc(CNC(=O)Cn2cnc3ccccc32)nc(N2CCOCC2)n1. The van der Waals surface area contributed by atoms with E-state index < -0.39 is 0 Å². The molecule has 8 heteroatoms. The van der Waals surface area contributed by atoms with Crippen LogP contribution >= 0.6 is 0 Å². The van der Waals surface area contributed by atoms with Crippen molar-refractivity contribution in [3.05, 3.63) is 48.0 Å². The van der Waals surface area contributed by atoms with Crippen LogP contribution in [0.25, 0.3) is 11.0 Å². The monoisotopic (exact) mass is 366 g/mol. The number of nitrogens with one attached hydrogen (secondary N) is 1. The van der Waals surface area contributed by atoms with Crippen molar-refractivity contribution in [2.75, 3.05) is 31.2 Å². The lowest BCUT2D eigenvalue weighted by atomic mass is 10.3. The molecule has 1 aliphatic rings. The van der Waals surface area contributed by atoms with Crippen LogP contribution in [-0.2, 0) is 22.6 Å². The highest BCUT2D eigenvalue weighted by Gasteiger charge is 2.15. The zero-order chi connectivity index (χ0) is 18.6. The zero-order valence-corrected chi connectivity index (χ0v) is 15.3. The van der Waals surface area contributed by atoms with Crippen LogP contribution in [0.3, 0.4) is 0 Å². The molecule has 1 aliphatic heterocycles. The maximum Gasteiger partial charge on any atom is 0.240 e. The molecule has 4 rings (SSSR count). The highest BCUT2D eigenvalue weighted by atomic mass is 16.5. The maximum absolute atomic E-state index is 12.4. The minimum absolute atomic E-state index is 0.0812. The molecule has 1 saturated heterocycles. The van der Waals surface area contributed by atoms with Crippen molar-refractivity contribution in [2.24, 2.45) is 0 Å². The standard InChI is InChI=1S/C19H22N6O2/c1-14-10-15(23-19(22-14)24-6-8-27-9-7-24)11-20-18(26)12-25-13-21-16-4-2-3-5-17(16)25/h2-5,10,13H,6-9,11-12H2,1H3,(H,20,26). The van der Waals surface area contributed by atoms with E-state index in [9.17, 15) is 4.79 Å². The molecule has 0 unspecified atom stereocenters. The first-order valence-electron chi connectivity index (χ1n) is 9.03. The summed E-state index contributed by atoms with van der Waals surface area (Å²) in [7, 11) is 0. The van der Waals surface area contributed by atoms with Gasteiger partial charge in [0.25, 0.3) is 0 Å². The second-order valence-electron chi connectivity index (χ2n) is 6.54. The largest absolute Gasteiger partial charge is 0.378 e. The molecule has 27 heavy (non-hydrogen) atoms. The fourth-order valence-electron chi connectivity index (χ4n) is 3.15. The molecule has 0 bridgehead atoms. The number of fused-ring (bicyclic) bond motifs is 1. The number of rotatable bonds is 5. The summed E-state index contributed by atoms with van der Waals surface area (Å²) in [5, 5.41) is 2.94. The number of benzene rings is 1. The third kappa shape index (κ3) is 4.06. The van der Waals surface area contributed by atoms with E-state index in [0.717, 1.165) is 35.5 Å². The second-order valence-corrected chi connectivity index (χ2v) is 6.54. The number of anilines is 1. The summed E-state index contributed by atoms with van der Waals surface area (Å²) in [5.41, 5.74) is 3.51. The predicted molar refractivity (Wildman–Crippen MR) is 101 cm³/mol. The number of carbonyl (C=O) groups excluding carboxylic acids is 1. The molecule has 8 nitrogen and oxygen atoms in total. The van der Waals surface area contributed by atoms with E-state index in [4.69, 9.17) is 4.74 Å². The average molecular weight is 366 g/mol. The summed E-state index contributed by atoms with van der Waals surface area (Å²) in [6, 6.07) is 9.66. The number of aromatic nitrogens is 4. The van der Waals surface area contributed by atoms with Crippen LogP contribution in [0, 0.1) is 6.92 Å². The lowest BCUT2D eigenvalue weighted by Crippen LogP contribution is -2.37. The van der Waals surface area contributed by atoms with Crippen molar-refractivity contribution in [3.8, 4) is 0 Å². The Balaban J connectivity index is 1.40. The van der Waals surface area contributed by atoms with Gasteiger partial charge in [-0.1, -0.05) is 12.1 Å². The Bertz CT molecular complexity index is 948. The van der Waals surface area contributed by atoms with Gasteiger partial charge in [-0.05, 0) is 25.1 Å². The molecule has 2 aromatic heterocycles. The van der Waals surface area contributed by atoms with Crippen LogP contribution in [0.1, 0.15) is 11.4 Å². The summed E-state index contributed by atoms with van der Waals surface area (Å²) < 4.78 is 7.22. The van der Waals surface area contributed by atoms with Crippen molar-refractivity contribution in [3.63, 3.8) is 0 Å². The minimum atomic E-state index is -0.0812. The minimum Gasteiger partial charge on any atom is -0.378 e. The Morgan fingerprint density at radius 1 is 1.22 bits per heavy atom. The van der Waals surface area contributed by atoms with E-state index in [0.29, 0.717) is 25.7 Å². The van der Waals surface area contributed by atoms with Gasteiger partial charge in [0.1, 0.15) is 6.54 Å². The first-order chi connectivity index (χ1) is 13.2. The van der Waals surface area contributed by atoms with Crippen molar-refractivity contribution in [2.45, 2.75) is 20.0 Å². The van der Waals surface area contributed by atoms with E-state index in [2.05, 4.69) is 25.2 Å². The molecule has 140 valence electrons. The number of morpholine rings is 1. The first kappa shape index (κ1) is 17.4. The smallest absolute Gasteiger partial charge is 0.240 e. The van der Waals surface area contributed by atoms with Gasteiger partial charge in [-0.15, -0.1) is 0 Å². The van der Waals surface area contributed by atoms with Crippen molar-refractivity contribution in [1.82, 2.24) is 24.8 Å². The molecule has 0 spiro atoms. The lowest BCUT2D eigenvalue weighted by molar-refractivity contribution is -0.121. The number of nitrogens with zero attached hydrogens (tertiary/aromatic N) is 5. The molecule has 0 saturated carbocycles. The van der Waals surface area contributed by atoms with Crippen molar-refractivity contribution >= 4 is 22.9 Å². The molecule has 0 aliphatic carbocycles. The van der Waals surface area contributed by atoms with Crippen LogP contribution in [-0.4, -0.2) is 51.7 Å². The van der Waals surface area contributed by atoms with Crippen LogP contribution in [0.15, 0.2) is 36.7 Å². The maximum atomic E-state index is 12.4. The van der Waals surface area contributed by atoms with Gasteiger partial charge in [0.2, 0.25) is 11.9 Å². The van der Waals surface area contributed by atoms with Gasteiger partial charge < -0.3 is 19.5 Å². The second kappa shape index (κ2) is 7.71. The topological polar surface area (TPSA) is 85.2 Å². The third-order valence-corrected chi connectivity index (χ3v) is 4.50. The summed E-state index contributed by atoms with van der Waals surface area (Å²) in [6.07, 6.45) is 1.69. The number of aryl methyl sites for hydroxylation is 1. The first-order valence-corrected chi connectivity index (χ1v) is 9.03.